The molecule has 1 saturated heterocycles. The first-order valence-corrected chi connectivity index (χ1v) is 9.61. The number of rotatable bonds is 5. The number of hydrogen-bond acceptors (Lipinski definition) is 4. The van der Waals surface area contributed by atoms with E-state index in [-0.39, 0.29) is 16.0 Å². The number of methoxy groups -OCH3 is 1. The van der Waals surface area contributed by atoms with Crippen molar-refractivity contribution < 1.29 is 17.5 Å². The summed E-state index contributed by atoms with van der Waals surface area (Å²) in [5, 5.41) is -0.236. The van der Waals surface area contributed by atoms with Crippen molar-refractivity contribution in [1.82, 2.24) is 0 Å². The van der Waals surface area contributed by atoms with Crippen molar-refractivity contribution in [3.05, 3.63) is 53.3 Å². The van der Waals surface area contributed by atoms with Crippen LogP contribution < -0.4 is 9.62 Å². The van der Waals surface area contributed by atoms with Crippen LogP contribution in [0.25, 0.3) is 0 Å². The molecule has 2 aromatic rings. The average molecular weight is 385 g/mol. The van der Waals surface area contributed by atoms with Gasteiger partial charge in [0.2, 0.25) is 0 Å². The first-order valence-electron chi connectivity index (χ1n) is 7.75. The molecule has 0 aromatic heterocycles. The highest BCUT2D eigenvalue weighted by Gasteiger charge is 2.22. The Kier molecular flexibility index (Phi) is 5.17. The van der Waals surface area contributed by atoms with Crippen molar-refractivity contribution in [2.24, 2.45) is 0 Å². The summed E-state index contributed by atoms with van der Waals surface area (Å²) in [5.74, 6) is -0.662. The van der Waals surface area contributed by atoms with Gasteiger partial charge in [-0.2, -0.15) is 0 Å². The summed E-state index contributed by atoms with van der Waals surface area (Å²) in [4.78, 5) is 2.09. The Hall–Kier alpha value is -1.83. The van der Waals surface area contributed by atoms with Gasteiger partial charge in [0.05, 0.1) is 16.0 Å². The molecule has 5 nitrogen and oxygen atoms in total. The van der Waals surface area contributed by atoms with E-state index >= 15 is 0 Å². The molecule has 0 spiro atoms. The van der Waals surface area contributed by atoms with Crippen LogP contribution in [0.1, 0.15) is 6.42 Å². The minimum absolute atomic E-state index is 0.0922. The highest BCUT2D eigenvalue weighted by atomic mass is 35.5. The molecule has 1 N–H and O–H groups in total. The highest BCUT2D eigenvalue weighted by molar-refractivity contribution is 7.92. The van der Waals surface area contributed by atoms with Crippen LogP contribution in [0.15, 0.2) is 47.4 Å². The van der Waals surface area contributed by atoms with E-state index in [2.05, 4.69) is 9.62 Å². The van der Waals surface area contributed by atoms with Gasteiger partial charge >= 0.3 is 0 Å². The van der Waals surface area contributed by atoms with Gasteiger partial charge in [-0.25, -0.2) is 12.8 Å². The summed E-state index contributed by atoms with van der Waals surface area (Å²) in [5.41, 5.74) is 1.43. The molecule has 0 amide bonds. The van der Waals surface area contributed by atoms with Crippen LogP contribution >= 0.6 is 11.6 Å². The van der Waals surface area contributed by atoms with Crippen LogP contribution in [0.4, 0.5) is 15.8 Å². The summed E-state index contributed by atoms with van der Waals surface area (Å²) in [6, 6.07) is 10.4. The van der Waals surface area contributed by atoms with Gasteiger partial charge in [0.25, 0.3) is 10.0 Å². The number of benzene rings is 2. The normalized spacial score (nSPS) is 17.7. The fourth-order valence-corrected chi connectivity index (χ4v) is 4.08. The molecule has 1 atom stereocenters. The molecule has 1 heterocycles. The summed E-state index contributed by atoms with van der Waals surface area (Å²) in [6.45, 7) is 1.72. The molecule has 134 valence electrons. The molecule has 8 heteroatoms. The monoisotopic (exact) mass is 384 g/mol. The van der Waals surface area contributed by atoms with E-state index in [0.29, 0.717) is 5.69 Å². The van der Waals surface area contributed by atoms with E-state index in [1.54, 1.807) is 19.2 Å². The molecule has 0 bridgehead atoms. The Labute approximate surface area is 151 Å². The Morgan fingerprint density at radius 1 is 1.24 bits per heavy atom. The molecule has 0 saturated carbocycles. The predicted molar refractivity (Wildman–Crippen MR) is 96.3 cm³/mol. The molecule has 1 aliphatic rings. The van der Waals surface area contributed by atoms with E-state index in [0.717, 1.165) is 37.3 Å². The molecule has 0 radical (unpaired) electrons. The third-order valence-electron chi connectivity index (χ3n) is 4.16. The number of nitrogens with one attached hydrogen (secondary N) is 1. The van der Waals surface area contributed by atoms with Gasteiger partial charge in [-0.1, -0.05) is 11.6 Å². The smallest absolute Gasteiger partial charge is 0.261 e. The second-order valence-electron chi connectivity index (χ2n) is 5.82. The van der Waals surface area contributed by atoms with Crippen molar-refractivity contribution in [3.8, 4) is 0 Å². The minimum Gasteiger partial charge on any atom is -0.380 e. The number of hydrogen-bond donors (Lipinski definition) is 1. The molecule has 1 aliphatic heterocycles. The van der Waals surface area contributed by atoms with E-state index in [1.165, 1.54) is 6.07 Å². The third-order valence-corrected chi connectivity index (χ3v) is 5.83. The van der Waals surface area contributed by atoms with Crippen molar-refractivity contribution in [2.75, 3.05) is 29.8 Å². The largest absolute Gasteiger partial charge is 0.380 e. The lowest BCUT2D eigenvalue weighted by atomic mass is 10.2. The van der Waals surface area contributed by atoms with E-state index in [1.807, 2.05) is 12.1 Å². The number of anilines is 2. The molecular formula is C17H18ClFN2O3S. The number of ether oxygens (including phenoxy) is 1. The van der Waals surface area contributed by atoms with Gasteiger partial charge in [-0.05, 0) is 48.9 Å². The Bertz CT molecular complexity index is 859. The number of halogens is 2. The Morgan fingerprint density at radius 2 is 1.96 bits per heavy atom. The maximum Gasteiger partial charge on any atom is 0.261 e. The van der Waals surface area contributed by atoms with Gasteiger partial charge in [0.1, 0.15) is 5.82 Å². The quantitative estimate of drug-likeness (QED) is 0.857. The molecule has 1 fully saturated rings. The van der Waals surface area contributed by atoms with Crippen LogP contribution in [-0.4, -0.2) is 34.7 Å². The summed E-state index contributed by atoms with van der Waals surface area (Å²) < 4.78 is 45.8. The van der Waals surface area contributed by atoms with Crippen LogP contribution in [-0.2, 0) is 14.8 Å². The number of nitrogens with zero attached hydrogens (tertiary/aromatic N) is 1. The van der Waals surface area contributed by atoms with Crippen LogP contribution in [0, 0.1) is 5.82 Å². The lowest BCUT2D eigenvalue weighted by Crippen LogP contribution is -2.22. The van der Waals surface area contributed by atoms with Gasteiger partial charge in [0.15, 0.2) is 0 Å². The van der Waals surface area contributed by atoms with Crippen molar-refractivity contribution >= 4 is 33.0 Å². The van der Waals surface area contributed by atoms with E-state index in [9.17, 15) is 12.8 Å². The van der Waals surface area contributed by atoms with Crippen LogP contribution in [0.5, 0.6) is 0 Å². The molecular weight excluding hydrogens is 367 g/mol. The second kappa shape index (κ2) is 7.19. The highest BCUT2D eigenvalue weighted by Crippen LogP contribution is 2.25. The zero-order valence-electron chi connectivity index (χ0n) is 13.6. The summed E-state index contributed by atoms with van der Waals surface area (Å²) >= 11 is 5.66. The van der Waals surface area contributed by atoms with Crippen molar-refractivity contribution in [2.45, 2.75) is 17.4 Å². The second-order valence-corrected chi connectivity index (χ2v) is 7.91. The van der Waals surface area contributed by atoms with Crippen molar-refractivity contribution in [1.29, 1.82) is 0 Å². The summed E-state index contributed by atoms with van der Waals surface area (Å²) in [7, 11) is -2.13. The van der Waals surface area contributed by atoms with Gasteiger partial charge < -0.3 is 9.64 Å². The lowest BCUT2D eigenvalue weighted by Gasteiger charge is -2.19. The van der Waals surface area contributed by atoms with Crippen LogP contribution in [0.3, 0.4) is 0 Å². The zero-order chi connectivity index (χ0) is 18.0. The maximum absolute atomic E-state index is 13.2. The van der Waals surface area contributed by atoms with E-state index in [4.69, 9.17) is 16.3 Å². The Morgan fingerprint density at radius 3 is 2.56 bits per heavy atom. The molecule has 1 unspecified atom stereocenters. The molecule has 2 aromatic carbocycles. The lowest BCUT2D eigenvalue weighted by molar-refractivity contribution is 0.121. The average Bonchev–Trinajstić information content (AvgIpc) is 3.06. The van der Waals surface area contributed by atoms with Gasteiger partial charge in [0, 0.05) is 31.6 Å². The summed E-state index contributed by atoms with van der Waals surface area (Å²) in [6.07, 6.45) is 1.19. The van der Waals surface area contributed by atoms with E-state index < -0.39 is 15.8 Å². The van der Waals surface area contributed by atoms with Gasteiger partial charge in [-0.3, -0.25) is 4.72 Å². The first kappa shape index (κ1) is 18.0. The van der Waals surface area contributed by atoms with Crippen LogP contribution in [0.2, 0.25) is 5.02 Å². The first-order chi connectivity index (χ1) is 11.9. The predicted octanol–water partition coefficient (Wildman–Crippen LogP) is 3.51. The van der Waals surface area contributed by atoms with Gasteiger partial charge in [-0.15, -0.1) is 0 Å². The standard InChI is InChI=1S/C17H18ClFN2O3S/c1-24-14-8-9-21(11-14)13-4-2-12(3-5-13)20-25(22,23)15-6-7-17(19)16(18)10-15/h2-7,10,14,20H,8-9,11H2,1H3. The molecule has 3 rings (SSSR count). The fourth-order valence-electron chi connectivity index (χ4n) is 2.75. The minimum atomic E-state index is -3.83. The van der Waals surface area contributed by atoms with Crippen molar-refractivity contribution in [3.63, 3.8) is 0 Å². The third kappa shape index (κ3) is 4.05. The molecule has 25 heavy (non-hydrogen) atoms. The topological polar surface area (TPSA) is 58.6 Å². The maximum atomic E-state index is 13.2. The molecule has 0 aliphatic carbocycles. The zero-order valence-corrected chi connectivity index (χ0v) is 15.1. The Balaban J connectivity index is 1.73. The number of sulfonamides is 1. The fraction of sp³-hybridized carbons (Fsp3) is 0.294. The SMILES string of the molecule is COC1CCN(c2ccc(NS(=O)(=O)c3ccc(F)c(Cl)c3)cc2)C1.